The molecule has 0 bridgehead atoms. The van der Waals surface area contributed by atoms with Crippen molar-refractivity contribution >= 4 is 33.2 Å². The Hall–Kier alpha value is -2.83. The van der Waals surface area contributed by atoms with Crippen molar-refractivity contribution in [1.29, 1.82) is 0 Å². The van der Waals surface area contributed by atoms with E-state index in [1.165, 1.54) is 17.0 Å². The molecule has 0 spiro atoms. The monoisotopic (exact) mass is 442 g/mol. The van der Waals surface area contributed by atoms with Gasteiger partial charge in [0, 0.05) is 18.6 Å². The van der Waals surface area contributed by atoms with E-state index in [0.717, 1.165) is 9.87 Å². The Labute approximate surface area is 182 Å². The second-order valence-corrected chi connectivity index (χ2v) is 9.29. The van der Waals surface area contributed by atoms with Crippen molar-refractivity contribution in [3.63, 3.8) is 0 Å². The van der Waals surface area contributed by atoms with Crippen LogP contribution in [-0.4, -0.2) is 32.8 Å². The number of aryl methyl sites for hydroxylation is 1. The van der Waals surface area contributed by atoms with Gasteiger partial charge in [0.2, 0.25) is 5.91 Å². The van der Waals surface area contributed by atoms with Crippen molar-refractivity contribution in [1.82, 2.24) is 4.90 Å². The molecule has 0 aromatic heterocycles. The molecule has 0 heterocycles. The molecule has 0 aliphatic heterocycles. The summed E-state index contributed by atoms with van der Waals surface area (Å²) in [5, 5.41) is 0.397. The minimum Gasteiger partial charge on any atom is -0.340 e. The predicted octanol–water partition coefficient (Wildman–Crippen LogP) is 4.50. The van der Waals surface area contributed by atoms with Crippen LogP contribution in [0, 0.1) is 6.92 Å². The summed E-state index contributed by atoms with van der Waals surface area (Å²) in [7, 11) is -2.31. The van der Waals surface area contributed by atoms with Gasteiger partial charge in [0.1, 0.15) is 6.54 Å². The van der Waals surface area contributed by atoms with Crippen molar-refractivity contribution in [3.05, 3.63) is 95.0 Å². The van der Waals surface area contributed by atoms with Crippen LogP contribution in [0.3, 0.4) is 0 Å². The molecule has 1 amide bonds. The lowest BCUT2D eigenvalue weighted by Gasteiger charge is -2.28. The zero-order chi connectivity index (χ0) is 21.7. The summed E-state index contributed by atoms with van der Waals surface area (Å²) in [4.78, 5) is 14.6. The van der Waals surface area contributed by atoms with Gasteiger partial charge in [-0.1, -0.05) is 66.2 Å². The molecule has 5 nitrogen and oxygen atoms in total. The summed E-state index contributed by atoms with van der Waals surface area (Å²) >= 11 is 6.15. The summed E-state index contributed by atoms with van der Waals surface area (Å²) in [5.41, 5.74) is 2.05. The number of amides is 1. The Bertz CT molecular complexity index is 1120. The van der Waals surface area contributed by atoms with Gasteiger partial charge in [0.25, 0.3) is 10.0 Å². The van der Waals surface area contributed by atoms with E-state index in [9.17, 15) is 13.2 Å². The molecule has 0 saturated heterocycles. The molecule has 0 aliphatic rings. The first-order valence-corrected chi connectivity index (χ1v) is 11.2. The van der Waals surface area contributed by atoms with Crippen LogP contribution in [-0.2, 0) is 21.4 Å². The number of benzene rings is 3. The van der Waals surface area contributed by atoms with Gasteiger partial charge >= 0.3 is 0 Å². The van der Waals surface area contributed by atoms with Crippen molar-refractivity contribution in [3.8, 4) is 0 Å². The highest BCUT2D eigenvalue weighted by Gasteiger charge is 2.29. The largest absolute Gasteiger partial charge is 0.340 e. The molecule has 30 heavy (non-hydrogen) atoms. The van der Waals surface area contributed by atoms with E-state index in [4.69, 9.17) is 11.6 Å². The van der Waals surface area contributed by atoms with E-state index in [0.29, 0.717) is 22.8 Å². The van der Waals surface area contributed by atoms with Crippen LogP contribution in [0.15, 0.2) is 83.8 Å². The van der Waals surface area contributed by atoms with Crippen LogP contribution in [0.25, 0.3) is 0 Å². The minimum absolute atomic E-state index is 0.114. The first-order valence-electron chi connectivity index (χ1n) is 9.41. The van der Waals surface area contributed by atoms with Crippen molar-refractivity contribution in [2.24, 2.45) is 0 Å². The molecule has 0 N–H and O–H groups in total. The minimum atomic E-state index is -3.97. The smallest absolute Gasteiger partial charge is 0.264 e. The number of sulfonamides is 1. The first-order chi connectivity index (χ1) is 14.3. The first kappa shape index (κ1) is 21.9. The Morgan fingerprint density at radius 1 is 0.933 bits per heavy atom. The van der Waals surface area contributed by atoms with E-state index in [-0.39, 0.29) is 17.3 Å². The molecule has 156 valence electrons. The molecule has 3 aromatic rings. The van der Waals surface area contributed by atoms with Crippen LogP contribution in [0.5, 0.6) is 0 Å². The standard InChI is InChI=1S/C23H23ClN2O3S/c1-18-13-14-20(24)15-22(18)26(30(28,29)21-11-7-4-8-12-21)17-23(27)25(2)16-19-9-5-3-6-10-19/h3-15H,16-17H2,1-2H3. The SMILES string of the molecule is Cc1ccc(Cl)cc1N(CC(=O)N(C)Cc1ccccc1)S(=O)(=O)c1ccccc1. The van der Waals surface area contributed by atoms with Gasteiger partial charge in [-0.2, -0.15) is 0 Å². The van der Waals surface area contributed by atoms with Gasteiger partial charge in [-0.25, -0.2) is 8.42 Å². The van der Waals surface area contributed by atoms with Gasteiger partial charge in [0.05, 0.1) is 10.6 Å². The summed E-state index contributed by atoms with van der Waals surface area (Å²) in [6.45, 7) is 1.84. The fourth-order valence-corrected chi connectivity index (χ4v) is 4.72. The number of hydrogen-bond acceptors (Lipinski definition) is 3. The third kappa shape index (κ3) is 5.01. The van der Waals surface area contributed by atoms with Crippen molar-refractivity contribution < 1.29 is 13.2 Å². The topological polar surface area (TPSA) is 57.7 Å². The van der Waals surface area contributed by atoms with E-state index < -0.39 is 10.0 Å². The number of carbonyl (C=O) groups excluding carboxylic acids is 1. The average molecular weight is 443 g/mol. The Morgan fingerprint density at radius 3 is 2.17 bits per heavy atom. The molecular formula is C23H23ClN2O3S. The maximum Gasteiger partial charge on any atom is 0.264 e. The normalized spacial score (nSPS) is 11.2. The van der Waals surface area contributed by atoms with Gasteiger partial charge in [-0.15, -0.1) is 0 Å². The van der Waals surface area contributed by atoms with Crippen LogP contribution >= 0.6 is 11.6 Å². The van der Waals surface area contributed by atoms with Gasteiger partial charge in [-0.05, 0) is 42.3 Å². The molecular weight excluding hydrogens is 420 g/mol. The summed E-state index contributed by atoms with van der Waals surface area (Å²) in [6.07, 6.45) is 0. The fraction of sp³-hybridized carbons (Fsp3) is 0.174. The number of carbonyl (C=O) groups is 1. The quantitative estimate of drug-likeness (QED) is 0.541. The third-order valence-corrected chi connectivity index (χ3v) is 6.75. The van der Waals surface area contributed by atoms with Crippen LogP contribution in [0.2, 0.25) is 5.02 Å². The van der Waals surface area contributed by atoms with Crippen LogP contribution in [0.1, 0.15) is 11.1 Å². The molecule has 0 saturated carbocycles. The highest BCUT2D eigenvalue weighted by molar-refractivity contribution is 7.92. The van der Waals surface area contributed by atoms with Crippen LogP contribution in [0.4, 0.5) is 5.69 Å². The molecule has 3 aromatic carbocycles. The maximum atomic E-state index is 13.4. The third-order valence-electron chi connectivity index (χ3n) is 4.74. The van der Waals surface area contributed by atoms with E-state index in [1.807, 2.05) is 30.3 Å². The summed E-state index contributed by atoms with van der Waals surface area (Å²) < 4.78 is 28.0. The van der Waals surface area contributed by atoms with E-state index in [1.54, 1.807) is 50.4 Å². The fourth-order valence-electron chi connectivity index (χ4n) is 3.06. The molecule has 0 atom stereocenters. The molecule has 0 aliphatic carbocycles. The number of nitrogens with zero attached hydrogens (tertiary/aromatic N) is 2. The van der Waals surface area contributed by atoms with Crippen molar-refractivity contribution in [2.45, 2.75) is 18.4 Å². The highest BCUT2D eigenvalue weighted by atomic mass is 35.5. The maximum absolute atomic E-state index is 13.4. The van der Waals surface area contributed by atoms with E-state index >= 15 is 0 Å². The Balaban J connectivity index is 1.96. The van der Waals surface area contributed by atoms with Crippen molar-refractivity contribution in [2.75, 3.05) is 17.9 Å². The lowest BCUT2D eigenvalue weighted by Crippen LogP contribution is -2.41. The number of rotatable bonds is 7. The molecule has 0 fully saturated rings. The molecule has 0 radical (unpaired) electrons. The Morgan fingerprint density at radius 2 is 1.53 bits per heavy atom. The van der Waals surface area contributed by atoms with Gasteiger partial charge < -0.3 is 4.90 Å². The average Bonchev–Trinajstić information content (AvgIpc) is 2.75. The van der Waals surface area contributed by atoms with Gasteiger partial charge in [0.15, 0.2) is 0 Å². The summed E-state index contributed by atoms with van der Waals surface area (Å²) in [6, 6.07) is 22.6. The predicted molar refractivity (Wildman–Crippen MR) is 120 cm³/mol. The summed E-state index contributed by atoms with van der Waals surface area (Å²) in [5.74, 6) is -0.322. The van der Waals surface area contributed by atoms with Crippen LogP contribution < -0.4 is 4.31 Å². The zero-order valence-electron chi connectivity index (χ0n) is 16.8. The number of hydrogen-bond donors (Lipinski definition) is 0. The van der Waals surface area contributed by atoms with Gasteiger partial charge in [-0.3, -0.25) is 9.10 Å². The number of anilines is 1. The Kier molecular flexibility index (Phi) is 6.80. The lowest BCUT2D eigenvalue weighted by atomic mass is 10.2. The number of halogens is 1. The number of likely N-dealkylation sites (N-methyl/N-ethyl adjacent to an activating group) is 1. The second kappa shape index (κ2) is 9.32. The lowest BCUT2D eigenvalue weighted by molar-refractivity contribution is -0.128. The zero-order valence-corrected chi connectivity index (χ0v) is 18.4. The second-order valence-electron chi connectivity index (χ2n) is 6.99. The molecule has 7 heteroatoms. The van der Waals surface area contributed by atoms with E-state index in [2.05, 4.69) is 0 Å². The molecule has 3 rings (SSSR count). The molecule has 0 unspecified atom stereocenters. The highest BCUT2D eigenvalue weighted by Crippen LogP contribution is 2.29.